The lowest BCUT2D eigenvalue weighted by Gasteiger charge is -2.07. The average Bonchev–Trinajstić information content (AvgIpc) is 2.98. The first-order valence-electron chi connectivity index (χ1n) is 6.30. The highest BCUT2D eigenvalue weighted by Gasteiger charge is 2.08. The SMILES string of the molecule is COCCOCc1cccc(NC(=O)c2ccco2)c1. The molecule has 0 saturated heterocycles. The zero-order valence-corrected chi connectivity index (χ0v) is 11.3. The molecule has 0 aliphatic heterocycles. The van der Waals surface area contributed by atoms with Crippen molar-refractivity contribution in [2.24, 2.45) is 0 Å². The summed E-state index contributed by atoms with van der Waals surface area (Å²) in [6.45, 7) is 1.59. The Morgan fingerprint density at radius 2 is 2.15 bits per heavy atom. The van der Waals surface area contributed by atoms with Crippen LogP contribution in [0.5, 0.6) is 0 Å². The fraction of sp³-hybridized carbons (Fsp3) is 0.267. The van der Waals surface area contributed by atoms with Crippen molar-refractivity contribution >= 4 is 11.6 Å². The Morgan fingerprint density at radius 3 is 2.90 bits per heavy atom. The van der Waals surface area contributed by atoms with Crippen molar-refractivity contribution in [1.82, 2.24) is 0 Å². The molecule has 0 saturated carbocycles. The van der Waals surface area contributed by atoms with Crippen molar-refractivity contribution in [3.05, 3.63) is 54.0 Å². The number of methoxy groups -OCH3 is 1. The van der Waals surface area contributed by atoms with E-state index < -0.39 is 0 Å². The Labute approximate surface area is 117 Å². The van der Waals surface area contributed by atoms with E-state index in [2.05, 4.69) is 5.32 Å². The zero-order chi connectivity index (χ0) is 14.2. The minimum absolute atomic E-state index is 0.271. The molecule has 20 heavy (non-hydrogen) atoms. The molecule has 2 aromatic rings. The summed E-state index contributed by atoms with van der Waals surface area (Å²) in [5, 5.41) is 2.77. The number of rotatable bonds is 7. The van der Waals surface area contributed by atoms with E-state index in [9.17, 15) is 4.79 Å². The molecule has 106 valence electrons. The normalized spacial score (nSPS) is 10.4. The highest BCUT2D eigenvalue weighted by molar-refractivity contribution is 6.02. The van der Waals surface area contributed by atoms with Crippen LogP contribution in [0.4, 0.5) is 5.69 Å². The minimum atomic E-state index is -0.271. The molecule has 0 spiro atoms. The Bertz CT molecular complexity index is 537. The van der Waals surface area contributed by atoms with Crippen molar-refractivity contribution < 1.29 is 18.7 Å². The summed E-state index contributed by atoms with van der Waals surface area (Å²) in [6, 6.07) is 10.8. The first kappa shape index (κ1) is 14.3. The van der Waals surface area contributed by atoms with Crippen LogP contribution >= 0.6 is 0 Å². The number of ether oxygens (including phenoxy) is 2. The first-order chi connectivity index (χ1) is 9.79. The molecule has 1 N–H and O–H groups in total. The van der Waals surface area contributed by atoms with E-state index in [-0.39, 0.29) is 11.7 Å². The fourth-order valence-electron chi connectivity index (χ4n) is 1.67. The van der Waals surface area contributed by atoms with Gasteiger partial charge in [-0.1, -0.05) is 12.1 Å². The van der Waals surface area contributed by atoms with Crippen LogP contribution in [0.3, 0.4) is 0 Å². The summed E-state index contributed by atoms with van der Waals surface area (Å²) in [7, 11) is 1.63. The predicted molar refractivity (Wildman–Crippen MR) is 74.6 cm³/mol. The summed E-state index contributed by atoms with van der Waals surface area (Å²) < 4.78 is 15.4. The summed E-state index contributed by atoms with van der Waals surface area (Å²) in [5.74, 6) is 0.0131. The highest BCUT2D eigenvalue weighted by Crippen LogP contribution is 2.13. The van der Waals surface area contributed by atoms with E-state index in [1.54, 1.807) is 19.2 Å². The molecule has 0 fully saturated rings. The van der Waals surface area contributed by atoms with Gasteiger partial charge in [-0.05, 0) is 29.8 Å². The minimum Gasteiger partial charge on any atom is -0.459 e. The molecule has 1 aromatic carbocycles. The molecule has 2 rings (SSSR count). The number of amides is 1. The van der Waals surface area contributed by atoms with Crippen molar-refractivity contribution in [2.75, 3.05) is 25.6 Å². The van der Waals surface area contributed by atoms with Crippen LogP contribution in [-0.4, -0.2) is 26.2 Å². The van der Waals surface area contributed by atoms with E-state index in [0.717, 1.165) is 5.56 Å². The number of hydrogen-bond donors (Lipinski definition) is 1. The highest BCUT2D eigenvalue weighted by atomic mass is 16.5. The van der Waals surface area contributed by atoms with Crippen molar-refractivity contribution in [1.29, 1.82) is 0 Å². The molecule has 0 bridgehead atoms. The monoisotopic (exact) mass is 275 g/mol. The van der Waals surface area contributed by atoms with Gasteiger partial charge in [-0.3, -0.25) is 4.79 Å². The molecular weight excluding hydrogens is 258 g/mol. The first-order valence-corrected chi connectivity index (χ1v) is 6.30. The largest absolute Gasteiger partial charge is 0.459 e. The average molecular weight is 275 g/mol. The number of carbonyl (C=O) groups is 1. The van der Waals surface area contributed by atoms with Crippen LogP contribution in [0.25, 0.3) is 0 Å². The molecule has 0 radical (unpaired) electrons. The number of nitrogens with one attached hydrogen (secondary N) is 1. The van der Waals surface area contributed by atoms with E-state index in [1.165, 1.54) is 6.26 Å². The van der Waals surface area contributed by atoms with Gasteiger partial charge in [-0.25, -0.2) is 0 Å². The number of carbonyl (C=O) groups excluding carboxylic acids is 1. The Hall–Kier alpha value is -2.11. The van der Waals surface area contributed by atoms with Gasteiger partial charge in [0.05, 0.1) is 26.1 Å². The van der Waals surface area contributed by atoms with E-state index in [1.807, 2.05) is 24.3 Å². The smallest absolute Gasteiger partial charge is 0.291 e. The summed E-state index contributed by atoms with van der Waals surface area (Å²) >= 11 is 0. The lowest BCUT2D eigenvalue weighted by atomic mass is 10.2. The van der Waals surface area contributed by atoms with Gasteiger partial charge < -0.3 is 19.2 Å². The van der Waals surface area contributed by atoms with Gasteiger partial charge in [0, 0.05) is 12.8 Å². The molecule has 1 heterocycles. The molecular formula is C15H17NO4. The van der Waals surface area contributed by atoms with Crippen LogP contribution in [0.15, 0.2) is 47.1 Å². The van der Waals surface area contributed by atoms with E-state index >= 15 is 0 Å². The van der Waals surface area contributed by atoms with Crippen molar-refractivity contribution in [2.45, 2.75) is 6.61 Å². The third kappa shape index (κ3) is 4.22. The molecule has 0 aliphatic rings. The maximum atomic E-state index is 11.8. The third-order valence-corrected chi connectivity index (χ3v) is 2.63. The van der Waals surface area contributed by atoms with Crippen molar-refractivity contribution in [3.8, 4) is 0 Å². The molecule has 0 aliphatic carbocycles. The Balaban J connectivity index is 1.90. The standard InChI is InChI=1S/C15H17NO4/c1-18-8-9-19-11-12-4-2-5-13(10-12)16-15(17)14-6-3-7-20-14/h2-7,10H,8-9,11H2,1H3,(H,16,17). The lowest BCUT2D eigenvalue weighted by Crippen LogP contribution is -2.11. The van der Waals surface area contributed by atoms with Crippen LogP contribution in [0.1, 0.15) is 16.1 Å². The van der Waals surface area contributed by atoms with Crippen LogP contribution in [0, 0.1) is 0 Å². The Kier molecular flexibility index (Phi) is 5.34. The van der Waals surface area contributed by atoms with Gasteiger partial charge in [0.25, 0.3) is 5.91 Å². The predicted octanol–water partition coefficient (Wildman–Crippen LogP) is 2.69. The second-order valence-corrected chi connectivity index (χ2v) is 4.18. The molecule has 0 atom stereocenters. The summed E-state index contributed by atoms with van der Waals surface area (Å²) in [5.41, 5.74) is 1.69. The van der Waals surface area contributed by atoms with Crippen LogP contribution < -0.4 is 5.32 Å². The second kappa shape index (κ2) is 7.47. The van der Waals surface area contributed by atoms with Gasteiger partial charge in [0.1, 0.15) is 0 Å². The van der Waals surface area contributed by atoms with Gasteiger partial charge in [0.15, 0.2) is 5.76 Å². The van der Waals surface area contributed by atoms with Crippen LogP contribution in [-0.2, 0) is 16.1 Å². The number of furan rings is 1. The van der Waals surface area contributed by atoms with Crippen LogP contribution in [0.2, 0.25) is 0 Å². The Morgan fingerprint density at radius 1 is 1.25 bits per heavy atom. The van der Waals surface area contributed by atoms with Gasteiger partial charge in [-0.2, -0.15) is 0 Å². The summed E-state index contributed by atoms with van der Waals surface area (Å²) in [4.78, 5) is 11.8. The molecule has 5 heteroatoms. The van der Waals surface area contributed by atoms with Gasteiger partial charge in [-0.15, -0.1) is 0 Å². The molecule has 1 aromatic heterocycles. The van der Waals surface area contributed by atoms with E-state index in [4.69, 9.17) is 13.9 Å². The van der Waals surface area contributed by atoms with Gasteiger partial charge >= 0.3 is 0 Å². The summed E-state index contributed by atoms with van der Waals surface area (Å²) in [6.07, 6.45) is 1.47. The fourth-order valence-corrected chi connectivity index (χ4v) is 1.67. The maximum Gasteiger partial charge on any atom is 0.291 e. The quantitative estimate of drug-likeness (QED) is 0.789. The number of hydrogen-bond acceptors (Lipinski definition) is 4. The molecule has 0 unspecified atom stereocenters. The van der Waals surface area contributed by atoms with E-state index in [0.29, 0.717) is 25.5 Å². The van der Waals surface area contributed by atoms with Crippen molar-refractivity contribution in [3.63, 3.8) is 0 Å². The van der Waals surface area contributed by atoms with Gasteiger partial charge in [0.2, 0.25) is 0 Å². The molecule has 5 nitrogen and oxygen atoms in total. The lowest BCUT2D eigenvalue weighted by molar-refractivity contribution is 0.0617. The second-order valence-electron chi connectivity index (χ2n) is 4.18. The number of anilines is 1. The maximum absolute atomic E-state index is 11.8. The number of benzene rings is 1. The third-order valence-electron chi connectivity index (χ3n) is 2.63. The molecule has 1 amide bonds. The zero-order valence-electron chi connectivity index (χ0n) is 11.3. The topological polar surface area (TPSA) is 60.7 Å².